The Hall–Kier alpha value is -3.23. The second-order valence-corrected chi connectivity index (χ2v) is 14.1. The summed E-state index contributed by atoms with van der Waals surface area (Å²) in [6, 6.07) is -0.628. The molecule has 8 nitrogen and oxygen atoms in total. The van der Waals surface area contributed by atoms with Crippen molar-refractivity contribution in [3.05, 3.63) is 72.9 Å². The Morgan fingerprint density at radius 2 is 1.12 bits per heavy atom. The van der Waals surface area contributed by atoms with Crippen LogP contribution in [0.15, 0.2) is 72.9 Å². The fourth-order valence-electron chi connectivity index (χ4n) is 5.25. The van der Waals surface area contributed by atoms with Crippen molar-refractivity contribution >= 4 is 17.9 Å². The van der Waals surface area contributed by atoms with E-state index in [-0.39, 0.29) is 42.7 Å². The van der Waals surface area contributed by atoms with Gasteiger partial charge in [0.25, 0.3) is 0 Å². The van der Waals surface area contributed by atoms with Crippen molar-refractivity contribution in [3.63, 3.8) is 0 Å². The fourth-order valence-corrected chi connectivity index (χ4v) is 5.25. The van der Waals surface area contributed by atoms with Gasteiger partial charge in [-0.1, -0.05) is 119 Å². The fraction of sp³-hybridized carbons (Fsp3) is 0.659. The highest BCUT2D eigenvalue weighted by atomic mass is 16.6. The molecule has 0 heterocycles. The van der Waals surface area contributed by atoms with Crippen LogP contribution in [0.25, 0.3) is 0 Å². The molecule has 0 aliphatic heterocycles. The zero-order valence-electron chi connectivity index (χ0n) is 33.5. The third-order valence-corrected chi connectivity index (χ3v) is 8.35. The molecule has 0 saturated heterocycles. The molecule has 0 spiro atoms. The first-order chi connectivity index (χ1) is 25.1. The Kier molecular flexibility index (Phi) is 32.7. The van der Waals surface area contributed by atoms with E-state index in [0.717, 1.165) is 70.6 Å². The molecular weight excluding hydrogens is 654 g/mol. The normalized spacial score (nSPS) is 13.8. The molecule has 0 aromatic rings. The molecule has 2 atom stereocenters. The Morgan fingerprint density at radius 3 is 1.67 bits per heavy atom. The number of esters is 2. The highest BCUT2D eigenvalue weighted by Crippen LogP contribution is 2.12. The van der Waals surface area contributed by atoms with E-state index in [9.17, 15) is 19.5 Å². The lowest BCUT2D eigenvalue weighted by Crippen LogP contribution is -2.50. The molecular formula is C44H74NO7+. The van der Waals surface area contributed by atoms with Crippen LogP contribution in [0, 0.1) is 0 Å². The van der Waals surface area contributed by atoms with E-state index in [1.165, 1.54) is 25.7 Å². The molecule has 0 aromatic carbocycles. The maximum Gasteiger partial charge on any atom is 0.362 e. The number of hydrogen-bond acceptors (Lipinski definition) is 6. The largest absolute Gasteiger partial charge is 0.477 e. The van der Waals surface area contributed by atoms with Gasteiger partial charge < -0.3 is 23.8 Å². The summed E-state index contributed by atoms with van der Waals surface area (Å²) in [7, 11) is 5.49. The molecule has 52 heavy (non-hydrogen) atoms. The van der Waals surface area contributed by atoms with Crippen LogP contribution >= 0.6 is 0 Å². The lowest BCUT2D eigenvalue weighted by Gasteiger charge is -2.31. The van der Waals surface area contributed by atoms with E-state index in [1.807, 2.05) is 33.3 Å². The maximum absolute atomic E-state index is 12.6. The highest BCUT2D eigenvalue weighted by molar-refractivity contribution is 5.72. The monoisotopic (exact) mass is 729 g/mol. The molecule has 0 aliphatic rings. The van der Waals surface area contributed by atoms with E-state index in [0.29, 0.717) is 19.3 Å². The van der Waals surface area contributed by atoms with Gasteiger partial charge in [-0.2, -0.15) is 0 Å². The first-order valence-corrected chi connectivity index (χ1v) is 20.0. The number of rotatable bonds is 34. The minimum atomic E-state index is -0.889. The number of likely N-dealkylation sites (N-methyl/N-ethyl adjacent to an activating group) is 1. The number of aliphatic carboxylic acids is 1. The van der Waals surface area contributed by atoms with Crippen molar-refractivity contribution in [1.82, 2.24) is 0 Å². The molecule has 1 N–H and O–H groups in total. The third kappa shape index (κ3) is 32.7. The van der Waals surface area contributed by atoms with Gasteiger partial charge >= 0.3 is 17.9 Å². The summed E-state index contributed by atoms with van der Waals surface area (Å²) in [6.07, 6.45) is 42.4. The lowest BCUT2D eigenvalue weighted by molar-refractivity contribution is -0.887. The number of allylic oxidation sites excluding steroid dienone is 12. The maximum atomic E-state index is 12.6. The van der Waals surface area contributed by atoms with E-state index >= 15 is 0 Å². The highest BCUT2D eigenvalue weighted by Gasteiger charge is 2.31. The number of ether oxygens (including phenoxy) is 3. The summed E-state index contributed by atoms with van der Waals surface area (Å²) in [5.74, 6) is -1.60. The average Bonchev–Trinajstić information content (AvgIpc) is 3.09. The second kappa shape index (κ2) is 34.8. The number of carbonyl (C=O) groups excluding carboxylic acids is 2. The topological polar surface area (TPSA) is 99.1 Å². The van der Waals surface area contributed by atoms with Crippen molar-refractivity contribution < 1.29 is 38.2 Å². The molecule has 0 saturated carbocycles. The minimum absolute atomic E-state index is 0.0310. The van der Waals surface area contributed by atoms with Gasteiger partial charge in [0.15, 0.2) is 12.1 Å². The van der Waals surface area contributed by atoms with Gasteiger partial charge in [-0.05, 0) is 70.6 Å². The molecule has 2 unspecified atom stereocenters. The summed E-state index contributed by atoms with van der Waals surface area (Å²) in [6.45, 7) is 4.48. The average molecular weight is 729 g/mol. The van der Waals surface area contributed by atoms with Gasteiger partial charge in [0.2, 0.25) is 0 Å². The first kappa shape index (κ1) is 48.8. The Bertz CT molecular complexity index is 1080. The predicted molar refractivity (Wildman–Crippen MR) is 215 cm³/mol. The molecule has 0 rings (SSSR count). The van der Waals surface area contributed by atoms with Crippen molar-refractivity contribution in [3.8, 4) is 0 Å². The summed E-state index contributed by atoms with van der Waals surface area (Å²) in [5, 5.41) is 9.59. The molecule has 0 bridgehead atoms. The zero-order valence-corrected chi connectivity index (χ0v) is 33.5. The van der Waals surface area contributed by atoms with Gasteiger partial charge in [-0.3, -0.25) is 9.59 Å². The van der Waals surface area contributed by atoms with Crippen LogP contribution in [0.1, 0.15) is 136 Å². The smallest absolute Gasteiger partial charge is 0.362 e. The second-order valence-electron chi connectivity index (χ2n) is 14.1. The van der Waals surface area contributed by atoms with Crippen molar-refractivity contribution in [2.45, 2.75) is 148 Å². The Balaban J connectivity index is 4.54. The van der Waals surface area contributed by atoms with Gasteiger partial charge in [0.05, 0.1) is 34.4 Å². The Morgan fingerprint density at radius 1 is 0.596 bits per heavy atom. The third-order valence-electron chi connectivity index (χ3n) is 8.35. The SMILES string of the molecule is CC/C=C/C/C=C/C/C=C/C/C=C/C/C=C/CCC(=O)OCC(COCCC(C(=O)O)[N+](C)(C)C)OC(=O)CCCCCCC/C=C/CCCCC. The lowest BCUT2D eigenvalue weighted by atomic mass is 10.1. The molecule has 0 aliphatic carbocycles. The number of quaternary nitrogens is 1. The van der Waals surface area contributed by atoms with Gasteiger partial charge in [0, 0.05) is 19.3 Å². The van der Waals surface area contributed by atoms with Crippen LogP contribution in [0.3, 0.4) is 0 Å². The molecule has 0 amide bonds. The summed E-state index contributed by atoms with van der Waals surface area (Å²) >= 11 is 0. The van der Waals surface area contributed by atoms with E-state index < -0.39 is 18.1 Å². The molecule has 0 radical (unpaired) electrons. The van der Waals surface area contributed by atoms with Gasteiger partial charge in [-0.25, -0.2) is 4.79 Å². The van der Waals surface area contributed by atoms with E-state index in [1.54, 1.807) is 0 Å². The quantitative estimate of drug-likeness (QED) is 0.0305. The summed E-state index contributed by atoms with van der Waals surface area (Å²) in [4.78, 5) is 36.8. The number of nitrogens with zero attached hydrogens (tertiary/aromatic N) is 1. The summed E-state index contributed by atoms with van der Waals surface area (Å²) < 4.78 is 17.1. The molecule has 296 valence electrons. The number of carboxylic acid groups (broad SMARTS) is 1. The number of hydrogen-bond donors (Lipinski definition) is 1. The van der Waals surface area contributed by atoms with E-state index in [2.05, 4.69) is 74.6 Å². The van der Waals surface area contributed by atoms with Crippen molar-refractivity contribution in [1.29, 1.82) is 0 Å². The van der Waals surface area contributed by atoms with Crippen molar-refractivity contribution in [2.75, 3.05) is 41.0 Å². The zero-order chi connectivity index (χ0) is 38.5. The van der Waals surface area contributed by atoms with Crippen LogP contribution in [0.4, 0.5) is 0 Å². The van der Waals surface area contributed by atoms with Crippen LogP contribution in [0.2, 0.25) is 0 Å². The van der Waals surface area contributed by atoms with Gasteiger partial charge in [0.1, 0.15) is 6.61 Å². The first-order valence-electron chi connectivity index (χ1n) is 20.0. The predicted octanol–water partition coefficient (Wildman–Crippen LogP) is 10.4. The number of carbonyl (C=O) groups is 3. The Labute approximate surface area is 317 Å². The molecule has 0 fully saturated rings. The minimum Gasteiger partial charge on any atom is -0.477 e. The number of carboxylic acids is 1. The van der Waals surface area contributed by atoms with Gasteiger partial charge in [-0.15, -0.1) is 0 Å². The van der Waals surface area contributed by atoms with Crippen LogP contribution in [-0.2, 0) is 28.6 Å². The van der Waals surface area contributed by atoms with Crippen molar-refractivity contribution in [2.24, 2.45) is 0 Å². The standard InChI is InChI=1S/C44H73NO7/c1-6-8-10-12-14-16-18-20-21-22-23-25-26-28-30-32-34-42(46)51-39-40(38-50-37-36-41(44(48)49)45(3,4)5)52-43(47)35-33-31-29-27-24-19-17-15-13-11-9-7-2/h8,10,14-17,20-21,23,25,28,30,40-41H,6-7,9,11-13,18-19,22,24,26-27,29,31-39H2,1-5H3/p+1/b10-8+,16-14+,17-15+,21-20+,25-23+,30-28+. The van der Waals surface area contributed by atoms with Crippen LogP contribution in [-0.4, -0.2) is 80.6 Å². The van der Waals surface area contributed by atoms with Crippen LogP contribution in [0.5, 0.6) is 0 Å². The summed E-state index contributed by atoms with van der Waals surface area (Å²) in [5.41, 5.74) is 0. The molecule has 0 aromatic heterocycles. The number of unbranched alkanes of at least 4 members (excludes halogenated alkanes) is 8. The van der Waals surface area contributed by atoms with E-state index in [4.69, 9.17) is 14.2 Å². The molecule has 8 heteroatoms. The van der Waals surface area contributed by atoms with Crippen LogP contribution < -0.4 is 0 Å².